The maximum atomic E-state index is 12.3. The van der Waals surface area contributed by atoms with E-state index >= 15 is 0 Å². The molecule has 0 aliphatic carbocycles. The monoisotopic (exact) mass is 324 g/mol. The van der Waals surface area contributed by atoms with Crippen molar-refractivity contribution in [2.24, 2.45) is 0 Å². The second kappa shape index (κ2) is 7.93. The molecule has 1 saturated heterocycles. The van der Waals surface area contributed by atoms with Crippen LogP contribution in [-0.4, -0.2) is 47.0 Å². The van der Waals surface area contributed by atoms with E-state index in [1.54, 1.807) is 0 Å². The van der Waals surface area contributed by atoms with Crippen molar-refractivity contribution in [3.05, 3.63) is 65.5 Å². The summed E-state index contributed by atoms with van der Waals surface area (Å²) < 4.78 is 0. The summed E-state index contributed by atoms with van der Waals surface area (Å²) in [6, 6.07) is 14.2. The van der Waals surface area contributed by atoms with Crippen LogP contribution in [-0.2, 0) is 13.1 Å². The lowest BCUT2D eigenvalue weighted by Crippen LogP contribution is -2.51. The van der Waals surface area contributed by atoms with Gasteiger partial charge in [0.05, 0.1) is 5.69 Å². The van der Waals surface area contributed by atoms with Gasteiger partial charge in [-0.05, 0) is 30.2 Å². The number of urea groups is 1. The van der Waals surface area contributed by atoms with E-state index in [0.29, 0.717) is 6.54 Å². The number of pyridine rings is 1. The summed E-state index contributed by atoms with van der Waals surface area (Å²) in [4.78, 5) is 20.9. The predicted octanol–water partition coefficient (Wildman–Crippen LogP) is 2.42. The molecule has 1 N–H and O–H groups in total. The number of benzene rings is 1. The van der Waals surface area contributed by atoms with Crippen molar-refractivity contribution in [2.45, 2.75) is 20.0 Å². The molecule has 0 spiro atoms. The Labute approximate surface area is 143 Å². The lowest BCUT2D eigenvalue weighted by atomic mass is 10.1. The normalized spacial score (nSPS) is 15.3. The maximum absolute atomic E-state index is 12.3. The zero-order chi connectivity index (χ0) is 16.8. The van der Waals surface area contributed by atoms with E-state index in [-0.39, 0.29) is 6.03 Å². The van der Waals surface area contributed by atoms with E-state index in [1.165, 1.54) is 11.1 Å². The molecule has 1 fully saturated rings. The fourth-order valence-corrected chi connectivity index (χ4v) is 2.92. The Balaban J connectivity index is 1.44. The summed E-state index contributed by atoms with van der Waals surface area (Å²) in [6.07, 6.45) is 1.82. The topological polar surface area (TPSA) is 48.5 Å². The van der Waals surface area contributed by atoms with Crippen molar-refractivity contribution in [3.63, 3.8) is 0 Å². The number of rotatable bonds is 4. The van der Waals surface area contributed by atoms with Crippen LogP contribution in [0.15, 0.2) is 48.7 Å². The minimum absolute atomic E-state index is 0.0238. The summed E-state index contributed by atoms with van der Waals surface area (Å²) in [7, 11) is 0. The van der Waals surface area contributed by atoms with E-state index < -0.39 is 0 Å². The standard InChI is InChI=1S/C19H24N4O/c1-16-6-2-3-7-17(16)14-21-19(24)23-12-10-22(11-13-23)15-18-8-4-5-9-20-18/h2-9H,10-15H2,1H3,(H,21,24). The summed E-state index contributed by atoms with van der Waals surface area (Å²) in [5, 5.41) is 3.03. The number of nitrogens with one attached hydrogen (secondary N) is 1. The van der Waals surface area contributed by atoms with Gasteiger partial charge in [0.25, 0.3) is 0 Å². The highest BCUT2D eigenvalue weighted by Gasteiger charge is 2.21. The summed E-state index contributed by atoms with van der Waals surface area (Å²) >= 11 is 0. The van der Waals surface area contributed by atoms with Gasteiger partial charge in [-0.25, -0.2) is 4.79 Å². The highest BCUT2D eigenvalue weighted by Crippen LogP contribution is 2.09. The van der Waals surface area contributed by atoms with Gasteiger partial charge in [-0.3, -0.25) is 9.88 Å². The number of hydrogen-bond donors (Lipinski definition) is 1. The van der Waals surface area contributed by atoms with Crippen LogP contribution >= 0.6 is 0 Å². The Bertz CT molecular complexity index is 666. The molecule has 2 aromatic rings. The van der Waals surface area contributed by atoms with Crippen molar-refractivity contribution >= 4 is 6.03 Å². The molecule has 1 aromatic carbocycles. The molecule has 0 bridgehead atoms. The summed E-state index contributed by atoms with van der Waals surface area (Å²) in [6.45, 7) is 6.78. The highest BCUT2D eigenvalue weighted by atomic mass is 16.2. The Hall–Kier alpha value is -2.40. The van der Waals surface area contributed by atoms with Crippen LogP contribution in [0.2, 0.25) is 0 Å². The van der Waals surface area contributed by atoms with Gasteiger partial charge >= 0.3 is 6.03 Å². The van der Waals surface area contributed by atoms with Crippen LogP contribution < -0.4 is 5.32 Å². The zero-order valence-corrected chi connectivity index (χ0v) is 14.1. The van der Waals surface area contributed by atoms with Gasteiger partial charge in [0.1, 0.15) is 0 Å². The first-order valence-electron chi connectivity index (χ1n) is 8.42. The third-order valence-corrected chi connectivity index (χ3v) is 4.46. The number of amides is 2. The molecule has 1 aliphatic rings. The van der Waals surface area contributed by atoms with Crippen molar-refractivity contribution in [2.75, 3.05) is 26.2 Å². The van der Waals surface area contributed by atoms with Gasteiger partial charge in [0.15, 0.2) is 0 Å². The number of nitrogens with zero attached hydrogens (tertiary/aromatic N) is 3. The molecule has 126 valence electrons. The number of aryl methyl sites for hydroxylation is 1. The first-order chi connectivity index (χ1) is 11.7. The van der Waals surface area contributed by atoms with Gasteiger partial charge in [0.2, 0.25) is 0 Å². The van der Waals surface area contributed by atoms with Crippen LogP contribution in [0, 0.1) is 6.92 Å². The molecule has 5 nitrogen and oxygen atoms in total. The van der Waals surface area contributed by atoms with Crippen LogP contribution in [0.1, 0.15) is 16.8 Å². The molecule has 2 heterocycles. The van der Waals surface area contributed by atoms with E-state index in [2.05, 4.69) is 34.3 Å². The van der Waals surface area contributed by atoms with Crippen LogP contribution in [0.5, 0.6) is 0 Å². The van der Waals surface area contributed by atoms with E-state index in [9.17, 15) is 4.79 Å². The van der Waals surface area contributed by atoms with Crippen molar-refractivity contribution < 1.29 is 4.79 Å². The number of hydrogen-bond acceptors (Lipinski definition) is 3. The van der Waals surface area contributed by atoms with E-state index in [4.69, 9.17) is 0 Å². The molecule has 3 rings (SSSR count). The molecule has 5 heteroatoms. The molecule has 1 aromatic heterocycles. The second-order valence-electron chi connectivity index (χ2n) is 6.17. The minimum atomic E-state index is 0.0238. The Morgan fingerprint density at radius 2 is 1.83 bits per heavy atom. The van der Waals surface area contributed by atoms with Gasteiger partial charge in [-0.1, -0.05) is 30.3 Å². The molecule has 2 amide bonds. The Morgan fingerprint density at radius 3 is 2.54 bits per heavy atom. The van der Waals surface area contributed by atoms with Gasteiger partial charge < -0.3 is 10.2 Å². The van der Waals surface area contributed by atoms with Crippen molar-refractivity contribution in [3.8, 4) is 0 Å². The number of piperazine rings is 1. The SMILES string of the molecule is Cc1ccccc1CNC(=O)N1CCN(Cc2ccccn2)CC1. The van der Waals surface area contributed by atoms with E-state index in [0.717, 1.165) is 38.4 Å². The van der Waals surface area contributed by atoms with Crippen LogP contribution in [0.3, 0.4) is 0 Å². The Morgan fingerprint density at radius 1 is 1.08 bits per heavy atom. The molecule has 0 unspecified atom stereocenters. The molecule has 1 aliphatic heterocycles. The first kappa shape index (κ1) is 16.5. The van der Waals surface area contributed by atoms with Crippen molar-refractivity contribution in [1.29, 1.82) is 0 Å². The number of aromatic nitrogens is 1. The molecular formula is C19H24N4O. The lowest BCUT2D eigenvalue weighted by Gasteiger charge is -2.34. The third-order valence-electron chi connectivity index (χ3n) is 4.46. The zero-order valence-electron chi connectivity index (χ0n) is 14.1. The molecule has 24 heavy (non-hydrogen) atoms. The molecular weight excluding hydrogens is 300 g/mol. The van der Waals surface area contributed by atoms with Crippen LogP contribution in [0.25, 0.3) is 0 Å². The maximum Gasteiger partial charge on any atom is 0.317 e. The molecule has 0 saturated carbocycles. The third kappa shape index (κ3) is 4.32. The number of carbonyl (C=O) groups is 1. The van der Waals surface area contributed by atoms with Gasteiger partial charge in [-0.15, -0.1) is 0 Å². The molecule has 0 radical (unpaired) electrons. The van der Waals surface area contributed by atoms with Crippen molar-refractivity contribution in [1.82, 2.24) is 20.1 Å². The highest BCUT2D eigenvalue weighted by molar-refractivity contribution is 5.74. The quantitative estimate of drug-likeness (QED) is 0.939. The first-order valence-corrected chi connectivity index (χ1v) is 8.42. The van der Waals surface area contributed by atoms with Gasteiger partial charge in [-0.2, -0.15) is 0 Å². The average molecular weight is 324 g/mol. The lowest BCUT2D eigenvalue weighted by molar-refractivity contribution is 0.134. The smallest absolute Gasteiger partial charge is 0.317 e. The fourth-order valence-electron chi connectivity index (χ4n) is 2.92. The van der Waals surface area contributed by atoms with E-state index in [1.807, 2.05) is 41.4 Å². The predicted molar refractivity (Wildman–Crippen MR) is 94.5 cm³/mol. The van der Waals surface area contributed by atoms with Crippen LogP contribution in [0.4, 0.5) is 4.79 Å². The molecule has 0 atom stereocenters. The number of carbonyl (C=O) groups excluding carboxylic acids is 1. The summed E-state index contributed by atoms with van der Waals surface area (Å²) in [5.74, 6) is 0. The fraction of sp³-hybridized carbons (Fsp3) is 0.368. The Kier molecular flexibility index (Phi) is 5.43. The minimum Gasteiger partial charge on any atom is -0.334 e. The van der Waals surface area contributed by atoms with Gasteiger partial charge in [0, 0.05) is 45.5 Å². The second-order valence-corrected chi connectivity index (χ2v) is 6.17. The largest absolute Gasteiger partial charge is 0.334 e. The average Bonchev–Trinajstić information content (AvgIpc) is 2.62. The summed E-state index contributed by atoms with van der Waals surface area (Å²) in [5.41, 5.74) is 3.45.